The summed E-state index contributed by atoms with van der Waals surface area (Å²) in [5.41, 5.74) is 1.23. The number of aliphatic hydroxyl groups excluding tert-OH is 1. The second-order valence-electron chi connectivity index (χ2n) is 2.32. The van der Waals surface area contributed by atoms with Crippen molar-refractivity contribution in [3.8, 4) is 0 Å². The number of hydrogen-bond acceptors (Lipinski definition) is 1. The van der Waals surface area contributed by atoms with Crippen LogP contribution in [-0.4, -0.2) is 11.2 Å². The lowest BCUT2D eigenvalue weighted by atomic mass is 10.2. The Labute approximate surface area is 56.7 Å². The van der Waals surface area contributed by atoms with E-state index in [4.69, 9.17) is 5.11 Å². The lowest BCUT2D eigenvalue weighted by Gasteiger charge is -1.98. The fraction of sp³-hybridized carbons (Fsp3) is 0.500. The van der Waals surface area contributed by atoms with Crippen molar-refractivity contribution in [2.75, 3.05) is 0 Å². The Morgan fingerprint density at radius 3 is 2.56 bits per heavy atom. The highest BCUT2D eigenvalue weighted by Gasteiger charge is 1.91. The van der Waals surface area contributed by atoms with Crippen molar-refractivity contribution in [1.29, 1.82) is 0 Å². The van der Waals surface area contributed by atoms with Gasteiger partial charge in [0.15, 0.2) is 0 Å². The lowest BCUT2D eigenvalue weighted by molar-refractivity contribution is 0.227. The molecule has 0 rings (SSSR count). The predicted octanol–water partition coefficient (Wildman–Crippen LogP) is 1.89. The summed E-state index contributed by atoms with van der Waals surface area (Å²) in [5.74, 6) is 0. The molecule has 1 heteroatoms. The fourth-order valence-electron chi connectivity index (χ4n) is 0.453. The molecule has 52 valence electrons. The SMILES string of the molecule is C=CC(O)CC=C(C)C. The molecule has 0 aromatic heterocycles. The van der Waals surface area contributed by atoms with Crippen LogP contribution in [0.5, 0.6) is 0 Å². The van der Waals surface area contributed by atoms with Crippen LogP contribution in [0.1, 0.15) is 20.3 Å². The molecule has 0 aliphatic rings. The Bertz CT molecular complexity index is 110. The monoisotopic (exact) mass is 126 g/mol. The zero-order valence-electron chi connectivity index (χ0n) is 6.09. The molecule has 0 heterocycles. The van der Waals surface area contributed by atoms with Gasteiger partial charge in [-0.3, -0.25) is 0 Å². The summed E-state index contributed by atoms with van der Waals surface area (Å²) in [4.78, 5) is 0. The Kier molecular flexibility index (Phi) is 4.06. The van der Waals surface area contributed by atoms with Gasteiger partial charge in [-0.25, -0.2) is 0 Å². The van der Waals surface area contributed by atoms with E-state index in [0.717, 1.165) is 0 Å². The smallest absolute Gasteiger partial charge is 0.0752 e. The van der Waals surface area contributed by atoms with Crippen molar-refractivity contribution < 1.29 is 5.11 Å². The molecule has 1 atom stereocenters. The molecule has 0 spiro atoms. The summed E-state index contributed by atoms with van der Waals surface area (Å²) in [5, 5.41) is 8.94. The highest BCUT2D eigenvalue weighted by atomic mass is 16.3. The van der Waals surface area contributed by atoms with Crippen molar-refractivity contribution >= 4 is 0 Å². The molecule has 1 unspecified atom stereocenters. The first kappa shape index (κ1) is 8.44. The van der Waals surface area contributed by atoms with Crippen LogP contribution in [0, 0.1) is 0 Å². The molecule has 1 nitrogen and oxygen atoms in total. The molecular weight excluding hydrogens is 112 g/mol. The van der Waals surface area contributed by atoms with Gasteiger partial charge in [-0.2, -0.15) is 0 Å². The summed E-state index contributed by atoms with van der Waals surface area (Å²) in [6.07, 6.45) is 3.84. The number of hydrogen-bond donors (Lipinski definition) is 1. The van der Waals surface area contributed by atoms with Gasteiger partial charge in [0.25, 0.3) is 0 Å². The lowest BCUT2D eigenvalue weighted by Crippen LogP contribution is -1.98. The van der Waals surface area contributed by atoms with Crippen molar-refractivity contribution in [1.82, 2.24) is 0 Å². The average Bonchev–Trinajstić information content (AvgIpc) is 1.83. The second kappa shape index (κ2) is 4.33. The molecule has 9 heavy (non-hydrogen) atoms. The molecule has 0 radical (unpaired) electrons. The number of rotatable bonds is 3. The molecule has 0 bridgehead atoms. The molecule has 1 N–H and O–H groups in total. The third-order valence-corrected chi connectivity index (χ3v) is 1.04. The molecule has 0 fully saturated rings. The van der Waals surface area contributed by atoms with Crippen molar-refractivity contribution in [2.24, 2.45) is 0 Å². The topological polar surface area (TPSA) is 20.2 Å². The zero-order valence-corrected chi connectivity index (χ0v) is 6.09. The third kappa shape index (κ3) is 5.31. The number of aliphatic hydroxyl groups is 1. The van der Waals surface area contributed by atoms with Crippen LogP contribution in [0.2, 0.25) is 0 Å². The highest BCUT2D eigenvalue weighted by molar-refractivity contribution is 4.96. The van der Waals surface area contributed by atoms with Gasteiger partial charge in [-0.05, 0) is 20.3 Å². The average molecular weight is 126 g/mol. The van der Waals surface area contributed by atoms with E-state index in [9.17, 15) is 0 Å². The van der Waals surface area contributed by atoms with Gasteiger partial charge in [-0.15, -0.1) is 6.58 Å². The minimum Gasteiger partial charge on any atom is -0.389 e. The van der Waals surface area contributed by atoms with E-state index >= 15 is 0 Å². The van der Waals surface area contributed by atoms with Gasteiger partial charge in [0, 0.05) is 0 Å². The maximum absolute atomic E-state index is 8.94. The van der Waals surface area contributed by atoms with Crippen LogP contribution in [0.15, 0.2) is 24.3 Å². The Balaban J connectivity index is 3.49. The molecule has 0 aromatic rings. The van der Waals surface area contributed by atoms with Gasteiger partial charge in [0.2, 0.25) is 0 Å². The predicted molar refractivity (Wildman–Crippen MR) is 40.3 cm³/mol. The fourth-order valence-corrected chi connectivity index (χ4v) is 0.453. The van der Waals surface area contributed by atoms with Crippen molar-refractivity contribution in [2.45, 2.75) is 26.4 Å². The van der Waals surface area contributed by atoms with E-state index in [1.165, 1.54) is 5.57 Å². The summed E-state index contributed by atoms with van der Waals surface area (Å²) in [6, 6.07) is 0. The largest absolute Gasteiger partial charge is 0.389 e. The van der Waals surface area contributed by atoms with Crippen molar-refractivity contribution in [3.63, 3.8) is 0 Å². The van der Waals surface area contributed by atoms with E-state index in [-0.39, 0.29) is 6.10 Å². The standard InChI is InChI=1S/C8H14O/c1-4-8(9)6-5-7(2)3/h4-5,8-9H,1,6H2,2-3H3. The van der Waals surface area contributed by atoms with Crippen LogP contribution in [0.3, 0.4) is 0 Å². The van der Waals surface area contributed by atoms with E-state index in [1.54, 1.807) is 6.08 Å². The highest BCUT2D eigenvalue weighted by Crippen LogP contribution is 1.97. The quantitative estimate of drug-likeness (QED) is 0.572. The van der Waals surface area contributed by atoms with Gasteiger partial charge in [0.1, 0.15) is 0 Å². The normalized spacial score (nSPS) is 12.3. The zero-order chi connectivity index (χ0) is 7.28. The van der Waals surface area contributed by atoms with Gasteiger partial charge in [0.05, 0.1) is 6.10 Å². The third-order valence-electron chi connectivity index (χ3n) is 1.04. The summed E-state index contributed by atoms with van der Waals surface area (Å²) in [6.45, 7) is 7.48. The summed E-state index contributed by atoms with van der Waals surface area (Å²) in [7, 11) is 0. The molecule has 0 saturated carbocycles. The molecule has 0 aromatic carbocycles. The van der Waals surface area contributed by atoms with Gasteiger partial charge in [-0.1, -0.05) is 17.7 Å². The van der Waals surface area contributed by atoms with Crippen LogP contribution in [0.4, 0.5) is 0 Å². The molecular formula is C8H14O. The number of allylic oxidation sites excluding steroid dienone is 1. The van der Waals surface area contributed by atoms with Crippen LogP contribution < -0.4 is 0 Å². The van der Waals surface area contributed by atoms with E-state index < -0.39 is 0 Å². The molecule has 0 amide bonds. The Morgan fingerprint density at radius 1 is 1.67 bits per heavy atom. The van der Waals surface area contributed by atoms with Crippen LogP contribution >= 0.6 is 0 Å². The van der Waals surface area contributed by atoms with Crippen LogP contribution in [0.25, 0.3) is 0 Å². The van der Waals surface area contributed by atoms with E-state index in [2.05, 4.69) is 6.58 Å². The first-order chi connectivity index (χ1) is 4.16. The Morgan fingerprint density at radius 2 is 2.22 bits per heavy atom. The minimum absolute atomic E-state index is 0.375. The van der Waals surface area contributed by atoms with Gasteiger partial charge < -0.3 is 5.11 Å². The second-order valence-corrected chi connectivity index (χ2v) is 2.32. The maximum atomic E-state index is 8.94. The summed E-state index contributed by atoms with van der Waals surface area (Å²) >= 11 is 0. The van der Waals surface area contributed by atoms with E-state index in [1.807, 2.05) is 19.9 Å². The molecule has 0 saturated heterocycles. The molecule has 0 aliphatic carbocycles. The summed E-state index contributed by atoms with van der Waals surface area (Å²) < 4.78 is 0. The van der Waals surface area contributed by atoms with Crippen LogP contribution in [-0.2, 0) is 0 Å². The first-order valence-electron chi connectivity index (χ1n) is 3.10. The van der Waals surface area contributed by atoms with Gasteiger partial charge >= 0.3 is 0 Å². The maximum Gasteiger partial charge on any atom is 0.0752 e. The first-order valence-corrected chi connectivity index (χ1v) is 3.10. The molecule has 0 aliphatic heterocycles. The van der Waals surface area contributed by atoms with E-state index in [0.29, 0.717) is 6.42 Å². The van der Waals surface area contributed by atoms with Crippen molar-refractivity contribution in [3.05, 3.63) is 24.3 Å². The Hall–Kier alpha value is -0.560. The minimum atomic E-state index is -0.375.